The number of nitrogens with zero attached hydrogens (tertiary/aromatic N) is 3. The van der Waals surface area contributed by atoms with Gasteiger partial charge in [-0.05, 0) is 57.1 Å². The number of rotatable bonds is 7. The van der Waals surface area contributed by atoms with Gasteiger partial charge in [-0.1, -0.05) is 11.6 Å². The second-order valence-electron chi connectivity index (χ2n) is 6.67. The number of likely N-dealkylation sites (tertiary alicyclic amines) is 1. The minimum Gasteiger partial charge on any atom is -0.497 e. The molecule has 3 rings (SSSR count). The summed E-state index contributed by atoms with van der Waals surface area (Å²) in [6.45, 7) is 5.02. The second-order valence-corrected chi connectivity index (χ2v) is 6.67. The van der Waals surface area contributed by atoms with Crippen LogP contribution in [0.4, 0.5) is 0 Å². The van der Waals surface area contributed by atoms with Gasteiger partial charge < -0.3 is 14.6 Å². The average Bonchev–Trinajstić information content (AvgIpc) is 3.15. The van der Waals surface area contributed by atoms with Crippen molar-refractivity contribution in [2.24, 2.45) is 0 Å². The quantitative estimate of drug-likeness (QED) is 0.818. The lowest BCUT2D eigenvalue weighted by molar-refractivity contribution is -0.121. The first kappa shape index (κ1) is 18.4. The van der Waals surface area contributed by atoms with Crippen molar-refractivity contribution >= 4 is 5.91 Å². The van der Waals surface area contributed by atoms with E-state index in [0.29, 0.717) is 24.3 Å². The number of methoxy groups -OCH3 is 1. The topological polar surface area (TPSA) is 80.5 Å². The number of ether oxygens (including phenoxy) is 1. The van der Waals surface area contributed by atoms with Crippen LogP contribution in [-0.4, -0.2) is 53.7 Å². The third-order valence-corrected chi connectivity index (χ3v) is 4.74. The van der Waals surface area contributed by atoms with Crippen LogP contribution in [-0.2, 0) is 11.2 Å². The summed E-state index contributed by atoms with van der Waals surface area (Å²) in [7, 11) is 1.62. The van der Waals surface area contributed by atoms with Gasteiger partial charge in [-0.2, -0.15) is 4.98 Å². The van der Waals surface area contributed by atoms with Gasteiger partial charge in [0.2, 0.25) is 17.6 Å². The first-order valence-corrected chi connectivity index (χ1v) is 9.13. The molecule has 0 bridgehead atoms. The van der Waals surface area contributed by atoms with Crippen LogP contribution < -0.4 is 10.1 Å². The molecule has 1 N–H and O–H groups in total. The number of nitrogens with one attached hydrogen (secondary N) is 1. The van der Waals surface area contributed by atoms with E-state index in [0.717, 1.165) is 24.4 Å². The Bertz CT molecular complexity index is 708. The Morgan fingerprint density at radius 2 is 2.00 bits per heavy atom. The Morgan fingerprint density at radius 1 is 1.27 bits per heavy atom. The number of aromatic nitrogens is 2. The van der Waals surface area contributed by atoms with E-state index >= 15 is 0 Å². The van der Waals surface area contributed by atoms with Gasteiger partial charge in [0.25, 0.3) is 0 Å². The molecule has 0 saturated carbocycles. The van der Waals surface area contributed by atoms with E-state index in [1.807, 2.05) is 24.3 Å². The Morgan fingerprint density at radius 3 is 2.69 bits per heavy atom. The molecule has 0 radical (unpaired) electrons. The summed E-state index contributed by atoms with van der Waals surface area (Å²) in [6, 6.07) is 7.72. The summed E-state index contributed by atoms with van der Waals surface area (Å²) in [4.78, 5) is 18.9. The molecule has 1 atom stereocenters. The van der Waals surface area contributed by atoms with Crippen LogP contribution in [0.25, 0.3) is 11.4 Å². The molecule has 1 aliphatic rings. The SMILES string of the molecule is COc1ccc(-c2noc(CC(=O)NCC(C)N3CCCCC3)n2)cc1. The standard InChI is InChI=1S/C19H26N4O3/c1-14(23-10-4-3-5-11-23)13-20-17(24)12-18-21-19(22-26-18)15-6-8-16(25-2)9-7-15/h6-9,14H,3-5,10-13H2,1-2H3,(H,20,24). The number of piperidine rings is 1. The molecular weight excluding hydrogens is 332 g/mol. The van der Waals surface area contributed by atoms with Crippen LogP contribution in [0.15, 0.2) is 28.8 Å². The van der Waals surface area contributed by atoms with Crippen LogP contribution in [0.1, 0.15) is 32.1 Å². The minimum atomic E-state index is -0.0983. The molecule has 1 aromatic carbocycles. The van der Waals surface area contributed by atoms with Gasteiger partial charge in [0.05, 0.1) is 7.11 Å². The summed E-state index contributed by atoms with van der Waals surface area (Å²) < 4.78 is 10.3. The van der Waals surface area contributed by atoms with Crippen molar-refractivity contribution in [3.63, 3.8) is 0 Å². The minimum absolute atomic E-state index is 0.0931. The molecule has 2 heterocycles. The Labute approximate surface area is 153 Å². The summed E-state index contributed by atoms with van der Waals surface area (Å²) in [5.74, 6) is 1.45. The molecule has 140 valence electrons. The van der Waals surface area contributed by atoms with E-state index in [1.165, 1.54) is 19.3 Å². The molecule has 7 nitrogen and oxygen atoms in total. The highest BCUT2D eigenvalue weighted by molar-refractivity contribution is 5.77. The average molecular weight is 358 g/mol. The lowest BCUT2D eigenvalue weighted by Gasteiger charge is -2.32. The fourth-order valence-electron chi connectivity index (χ4n) is 3.13. The van der Waals surface area contributed by atoms with Crippen LogP contribution in [0, 0.1) is 0 Å². The zero-order valence-corrected chi connectivity index (χ0v) is 15.4. The van der Waals surface area contributed by atoms with Crippen LogP contribution in [0.2, 0.25) is 0 Å². The number of carbonyl (C=O) groups is 1. The lowest BCUT2D eigenvalue weighted by Crippen LogP contribution is -2.44. The third-order valence-electron chi connectivity index (χ3n) is 4.74. The molecular formula is C19H26N4O3. The summed E-state index contributed by atoms with van der Waals surface area (Å²) >= 11 is 0. The Hall–Kier alpha value is -2.41. The zero-order valence-electron chi connectivity index (χ0n) is 15.4. The van der Waals surface area contributed by atoms with Crippen LogP contribution in [0.5, 0.6) is 5.75 Å². The second kappa shape index (κ2) is 8.80. The van der Waals surface area contributed by atoms with E-state index in [2.05, 4.69) is 27.3 Å². The van der Waals surface area contributed by atoms with Crippen molar-refractivity contribution in [2.45, 2.75) is 38.6 Å². The maximum atomic E-state index is 12.2. The Kier molecular flexibility index (Phi) is 6.22. The monoisotopic (exact) mass is 358 g/mol. The van der Waals surface area contributed by atoms with Crippen molar-refractivity contribution in [2.75, 3.05) is 26.7 Å². The molecule has 0 spiro atoms. The Balaban J connectivity index is 1.49. The van der Waals surface area contributed by atoms with E-state index < -0.39 is 0 Å². The van der Waals surface area contributed by atoms with Crippen LogP contribution >= 0.6 is 0 Å². The van der Waals surface area contributed by atoms with Crippen LogP contribution in [0.3, 0.4) is 0 Å². The van der Waals surface area contributed by atoms with Gasteiger partial charge in [-0.25, -0.2) is 0 Å². The molecule has 7 heteroatoms. The number of hydrogen-bond donors (Lipinski definition) is 1. The summed E-state index contributed by atoms with van der Waals surface area (Å²) in [6.07, 6.45) is 3.89. The number of amides is 1. The van der Waals surface area contributed by atoms with Gasteiger partial charge in [-0.15, -0.1) is 0 Å². The fraction of sp³-hybridized carbons (Fsp3) is 0.526. The zero-order chi connectivity index (χ0) is 18.4. The predicted octanol–water partition coefficient (Wildman–Crippen LogP) is 2.28. The predicted molar refractivity (Wildman–Crippen MR) is 97.9 cm³/mol. The number of hydrogen-bond acceptors (Lipinski definition) is 6. The molecule has 26 heavy (non-hydrogen) atoms. The van der Waals surface area contributed by atoms with E-state index in [1.54, 1.807) is 7.11 Å². The summed E-state index contributed by atoms with van der Waals surface area (Å²) in [5.41, 5.74) is 0.819. The molecule has 2 aromatic rings. The molecule has 1 fully saturated rings. The molecule has 0 aliphatic carbocycles. The van der Waals surface area contributed by atoms with Gasteiger partial charge in [0.15, 0.2) is 0 Å². The van der Waals surface area contributed by atoms with Crippen molar-refractivity contribution < 1.29 is 14.1 Å². The van der Waals surface area contributed by atoms with Gasteiger partial charge in [0, 0.05) is 18.2 Å². The largest absolute Gasteiger partial charge is 0.497 e. The van der Waals surface area contributed by atoms with E-state index in [4.69, 9.17) is 9.26 Å². The number of carbonyl (C=O) groups excluding carboxylic acids is 1. The highest BCUT2D eigenvalue weighted by Gasteiger charge is 2.18. The van der Waals surface area contributed by atoms with Crippen molar-refractivity contribution in [1.82, 2.24) is 20.4 Å². The first-order valence-electron chi connectivity index (χ1n) is 9.13. The maximum absolute atomic E-state index is 12.2. The normalized spacial score (nSPS) is 16.2. The van der Waals surface area contributed by atoms with Gasteiger partial charge >= 0.3 is 0 Å². The van der Waals surface area contributed by atoms with Gasteiger partial charge in [-0.3, -0.25) is 9.69 Å². The molecule has 1 amide bonds. The molecule has 1 saturated heterocycles. The van der Waals surface area contributed by atoms with Crippen molar-refractivity contribution in [3.8, 4) is 17.1 Å². The molecule has 1 unspecified atom stereocenters. The fourth-order valence-corrected chi connectivity index (χ4v) is 3.13. The van der Waals surface area contributed by atoms with E-state index in [-0.39, 0.29) is 12.3 Å². The first-order chi connectivity index (χ1) is 12.7. The molecule has 1 aliphatic heterocycles. The lowest BCUT2D eigenvalue weighted by atomic mass is 10.1. The van der Waals surface area contributed by atoms with E-state index in [9.17, 15) is 4.79 Å². The van der Waals surface area contributed by atoms with Crippen molar-refractivity contribution in [1.29, 1.82) is 0 Å². The number of benzene rings is 1. The van der Waals surface area contributed by atoms with Gasteiger partial charge in [0.1, 0.15) is 12.2 Å². The molecule has 1 aromatic heterocycles. The smallest absolute Gasteiger partial charge is 0.236 e. The highest BCUT2D eigenvalue weighted by Crippen LogP contribution is 2.19. The highest BCUT2D eigenvalue weighted by atomic mass is 16.5. The van der Waals surface area contributed by atoms with Crippen molar-refractivity contribution in [3.05, 3.63) is 30.2 Å². The maximum Gasteiger partial charge on any atom is 0.236 e. The summed E-state index contributed by atoms with van der Waals surface area (Å²) in [5, 5.41) is 6.92. The third kappa shape index (κ3) is 4.82.